The largest absolute Gasteiger partial charge is 0.496 e. The Bertz CT molecular complexity index is 872. The van der Waals surface area contributed by atoms with Crippen molar-refractivity contribution in [3.63, 3.8) is 0 Å². The molecule has 2 aromatic carbocycles. The van der Waals surface area contributed by atoms with Gasteiger partial charge in [-0.1, -0.05) is 0 Å². The molecule has 0 atom stereocenters. The van der Waals surface area contributed by atoms with Gasteiger partial charge < -0.3 is 14.8 Å². The van der Waals surface area contributed by atoms with E-state index in [1.165, 1.54) is 13.2 Å². The molecule has 0 unspecified atom stereocenters. The third-order valence-corrected chi connectivity index (χ3v) is 3.15. The lowest BCUT2D eigenvalue weighted by Gasteiger charge is -2.09. The summed E-state index contributed by atoms with van der Waals surface area (Å²) in [7, 11) is 1.26. The van der Waals surface area contributed by atoms with E-state index in [4.69, 9.17) is 9.47 Å². The van der Waals surface area contributed by atoms with Gasteiger partial charge in [0.25, 0.3) is 11.6 Å². The van der Waals surface area contributed by atoms with Crippen molar-refractivity contribution in [3.05, 3.63) is 63.7 Å². The van der Waals surface area contributed by atoms with Crippen molar-refractivity contribution in [2.75, 3.05) is 19.0 Å². The zero-order valence-electron chi connectivity index (χ0n) is 13.3. The molecule has 0 fully saturated rings. The number of nitro groups is 1. The number of nitro benzene ring substituents is 1. The average molecular weight is 366 g/mol. The third-order valence-electron chi connectivity index (χ3n) is 3.15. The number of halogens is 2. The molecule has 1 N–H and O–H groups in total. The van der Waals surface area contributed by atoms with Crippen LogP contribution in [0.25, 0.3) is 0 Å². The van der Waals surface area contributed by atoms with Crippen LogP contribution in [-0.4, -0.2) is 30.5 Å². The summed E-state index contributed by atoms with van der Waals surface area (Å²) >= 11 is 0. The molecule has 0 bridgehead atoms. The minimum atomic E-state index is -1.15. The first-order chi connectivity index (χ1) is 12.3. The molecule has 0 aliphatic carbocycles. The number of benzene rings is 2. The van der Waals surface area contributed by atoms with Crippen molar-refractivity contribution >= 4 is 23.3 Å². The van der Waals surface area contributed by atoms with Crippen molar-refractivity contribution in [3.8, 4) is 5.75 Å². The summed E-state index contributed by atoms with van der Waals surface area (Å²) in [6, 6.07) is 6.03. The number of amides is 1. The molecular weight excluding hydrogens is 354 g/mol. The first-order valence-corrected chi connectivity index (χ1v) is 7.06. The minimum absolute atomic E-state index is 0.0293. The van der Waals surface area contributed by atoms with Gasteiger partial charge >= 0.3 is 5.97 Å². The fraction of sp³-hybridized carbons (Fsp3) is 0.125. The van der Waals surface area contributed by atoms with Crippen LogP contribution in [0.5, 0.6) is 5.75 Å². The molecule has 26 heavy (non-hydrogen) atoms. The summed E-state index contributed by atoms with van der Waals surface area (Å²) in [4.78, 5) is 33.9. The van der Waals surface area contributed by atoms with E-state index >= 15 is 0 Å². The second-order valence-corrected chi connectivity index (χ2v) is 4.89. The third kappa shape index (κ3) is 4.50. The summed E-state index contributed by atoms with van der Waals surface area (Å²) in [5, 5.41) is 13.0. The highest BCUT2D eigenvalue weighted by molar-refractivity contribution is 5.97. The fourth-order valence-corrected chi connectivity index (χ4v) is 1.95. The molecule has 0 aromatic heterocycles. The predicted octanol–water partition coefficient (Wildman–Crippen LogP) is 2.68. The topological polar surface area (TPSA) is 108 Å². The standard InChI is InChI=1S/C16H12F2N2O6/c1-25-14-5-3-10(20(23)24)7-11(14)16(22)26-8-15(21)19-9-2-4-12(17)13(18)6-9/h2-7H,8H2,1H3,(H,19,21). The van der Waals surface area contributed by atoms with Crippen LogP contribution in [0.3, 0.4) is 0 Å². The first kappa shape index (κ1) is 18.8. The van der Waals surface area contributed by atoms with Gasteiger partial charge in [0.05, 0.1) is 12.0 Å². The zero-order valence-corrected chi connectivity index (χ0v) is 13.3. The number of nitrogens with one attached hydrogen (secondary N) is 1. The SMILES string of the molecule is COc1ccc([N+](=O)[O-])cc1C(=O)OCC(=O)Nc1ccc(F)c(F)c1. The Labute approximate surface area is 145 Å². The Morgan fingerprint density at radius 3 is 2.50 bits per heavy atom. The van der Waals surface area contributed by atoms with Crippen molar-refractivity contribution < 1.29 is 32.8 Å². The van der Waals surface area contributed by atoms with Crippen molar-refractivity contribution in [2.45, 2.75) is 0 Å². The van der Waals surface area contributed by atoms with E-state index in [9.17, 15) is 28.5 Å². The molecule has 0 aliphatic rings. The van der Waals surface area contributed by atoms with Crippen LogP contribution in [0.15, 0.2) is 36.4 Å². The van der Waals surface area contributed by atoms with E-state index in [0.717, 1.165) is 30.3 Å². The van der Waals surface area contributed by atoms with Gasteiger partial charge in [0.1, 0.15) is 11.3 Å². The molecule has 0 saturated heterocycles. The Morgan fingerprint density at radius 1 is 1.15 bits per heavy atom. The van der Waals surface area contributed by atoms with Gasteiger partial charge in [-0.05, 0) is 18.2 Å². The van der Waals surface area contributed by atoms with Gasteiger partial charge in [-0.2, -0.15) is 0 Å². The maximum absolute atomic E-state index is 13.1. The average Bonchev–Trinajstić information content (AvgIpc) is 2.62. The lowest BCUT2D eigenvalue weighted by atomic mass is 10.2. The van der Waals surface area contributed by atoms with Gasteiger partial charge in [-0.25, -0.2) is 13.6 Å². The fourth-order valence-electron chi connectivity index (χ4n) is 1.95. The van der Waals surface area contributed by atoms with E-state index in [2.05, 4.69) is 5.32 Å². The van der Waals surface area contributed by atoms with Crippen LogP contribution in [0.2, 0.25) is 0 Å². The number of nitrogens with zero attached hydrogens (tertiary/aromatic N) is 1. The van der Waals surface area contributed by atoms with Crippen LogP contribution in [0.4, 0.5) is 20.2 Å². The lowest BCUT2D eigenvalue weighted by molar-refractivity contribution is -0.384. The number of anilines is 1. The monoisotopic (exact) mass is 366 g/mol. The maximum Gasteiger partial charge on any atom is 0.342 e. The Morgan fingerprint density at radius 2 is 1.88 bits per heavy atom. The molecule has 10 heteroatoms. The molecular formula is C16H12F2N2O6. The van der Waals surface area contributed by atoms with Crippen LogP contribution >= 0.6 is 0 Å². The quantitative estimate of drug-likeness (QED) is 0.478. The van der Waals surface area contributed by atoms with E-state index in [-0.39, 0.29) is 22.7 Å². The number of hydrogen-bond donors (Lipinski definition) is 1. The Hall–Kier alpha value is -3.56. The second kappa shape index (κ2) is 8.01. The Kier molecular flexibility index (Phi) is 5.78. The number of esters is 1. The minimum Gasteiger partial charge on any atom is -0.496 e. The molecule has 0 spiro atoms. The van der Waals surface area contributed by atoms with Crippen LogP contribution < -0.4 is 10.1 Å². The number of carbonyl (C=O) groups excluding carboxylic acids is 2. The number of ether oxygens (including phenoxy) is 2. The highest BCUT2D eigenvalue weighted by Crippen LogP contribution is 2.24. The molecule has 1 amide bonds. The normalized spacial score (nSPS) is 10.1. The van der Waals surface area contributed by atoms with Crippen molar-refractivity contribution in [1.29, 1.82) is 0 Å². The van der Waals surface area contributed by atoms with Crippen molar-refractivity contribution in [2.24, 2.45) is 0 Å². The van der Waals surface area contributed by atoms with Gasteiger partial charge in [0.2, 0.25) is 0 Å². The summed E-state index contributed by atoms with van der Waals surface area (Å²) in [6.07, 6.45) is 0. The summed E-state index contributed by atoms with van der Waals surface area (Å²) in [5.41, 5.74) is -0.621. The van der Waals surface area contributed by atoms with Crippen LogP contribution in [-0.2, 0) is 9.53 Å². The molecule has 0 heterocycles. The highest BCUT2D eigenvalue weighted by Gasteiger charge is 2.19. The van der Waals surface area contributed by atoms with Gasteiger partial charge in [-0.15, -0.1) is 0 Å². The number of carbonyl (C=O) groups is 2. The molecule has 0 radical (unpaired) electrons. The predicted molar refractivity (Wildman–Crippen MR) is 84.9 cm³/mol. The zero-order chi connectivity index (χ0) is 19.3. The van der Waals surface area contributed by atoms with Crippen LogP contribution in [0.1, 0.15) is 10.4 Å². The van der Waals surface area contributed by atoms with E-state index in [0.29, 0.717) is 0 Å². The molecule has 136 valence electrons. The smallest absolute Gasteiger partial charge is 0.342 e. The maximum atomic E-state index is 13.1. The molecule has 8 nitrogen and oxygen atoms in total. The summed E-state index contributed by atoms with van der Waals surface area (Å²) in [6.45, 7) is -0.746. The number of rotatable bonds is 6. The first-order valence-electron chi connectivity index (χ1n) is 7.06. The van der Waals surface area contributed by atoms with Gasteiger partial charge in [-0.3, -0.25) is 14.9 Å². The summed E-state index contributed by atoms with van der Waals surface area (Å²) in [5.74, 6) is -4.03. The van der Waals surface area contributed by atoms with Crippen molar-refractivity contribution in [1.82, 2.24) is 0 Å². The number of hydrogen-bond acceptors (Lipinski definition) is 6. The number of methoxy groups -OCH3 is 1. The van der Waals surface area contributed by atoms with E-state index in [1.807, 2.05) is 0 Å². The molecule has 2 rings (SSSR count). The second-order valence-electron chi connectivity index (χ2n) is 4.89. The van der Waals surface area contributed by atoms with E-state index in [1.54, 1.807) is 0 Å². The molecule has 0 aliphatic heterocycles. The lowest BCUT2D eigenvalue weighted by Crippen LogP contribution is -2.21. The van der Waals surface area contributed by atoms with Gasteiger partial charge in [0, 0.05) is 23.9 Å². The van der Waals surface area contributed by atoms with Crippen LogP contribution in [0, 0.1) is 21.7 Å². The Balaban J connectivity index is 2.03. The summed E-state index contributed by atoms with van der Waals surface area (Å²) < 4.78 is 35.6. The van der Waals surface area contributed by atoms with E-state index < -0.39 is 35.0 Å². The van der Waals surface area contributed by atoms with Gasteiger partial charge in [0.15, 0.2) is 18.2 Å². The number of non-ortho nitro benzene ring substituents is 1. The highest BCUT2D eigenvalue weighted by atomic mass is 19.2. The molecule has 2 aromatic rings. The molecule has 0 saturated carbocycles.